The van der Waals surface area contributed by atoms with Crippen LogP contribution in [0, 0.1) is 5.82 Å². The van der Waals surface area contributed by atoms with Crippen molar-refractivity contribution < 1.29 is 26.8 Å². The minimum Gasteiger partial charge on any atom is -0.495 e. The van der Waals surface area contributed by atoms with Gasteiger partial charge in [0, 0.05) is 0 Å². The molecule has 146 valence electrons. The SMILES string of the molecule is COc1ccccc1NC(=O)c1cc(S(=O)(=O)NCc2ccco2)ccc1F. The van der Waals surface area contributed by atoms with Crippen molar-refractivity contribution in [3.8, 4) is 5.75 Å². The van der Waals surface area contributed by atoms with E-state index < -0.39 is 27.3 Å². The molecule has 0 aliphatic rings. The van der Waals surface area contributed by atoms with E-state index in [1.807, 2.05) is 0 Å². The number of halogens is 1. The molecule has 0 saturated carbocycles. The molecule has 0 aliphatic heterocycles. The molecule has 3 aromatic rings. The van der Waals surface area contributed by atoms with Gasteiger partial charge in [-0.05, 0) is 42.5 Å². The number of hydrogen-bond acceptors (Lipinski definition) is 5. The molecule has 1 heterocycles. The van der Waals surface area contributed by atoms with Crippen LogP contribution in [0.5, 0.6) is 5.75 Å². The third-order valence-corrected chi connectivity index (χ3v) is 5.26. The van der Waals surface area contributed by atoms with Crippen molar-refractivity contribution in [3.63, 3.8) is 0 Å². The fourth-order valence-corrected chi connectivity index (χ4v) is 3.46. The highest BCUT2D eigenvalue weighted by Crippen LogP contribution is 2.24. The lowest BCUT2D eigenvalue weighted by Crippen LogP contribution is -2.24. The number of rotatable bonds is 7. The van der Waals surface area contributed by atoms with Crippen LogP contribution in [0.15, 0.2) is 70.2 Å². The van der Waals surface area contributed by atoms with Gasteiger partial charge in [-0.2, -0.15) is 0 Å². The van der Waals surface area contributed by atoms with Crippen LogP contribution in [0.2, 0.25) is 0 Å². The summed E-state index contributed by atoms with van der Waals surface area (Å²) in [6.45, 7) is -0.0740. The molecular weight excluding hydrogens is 387 g/mol. The van der Waals surface area contributed by atoms with E-state index in [-0.39, 0.29) is 11.4 Å². The predicted molar refractivity (Wildman–Crippen MR) is 100 cm³/mol. The Morgan fingerprint density at radius 1 is 1.14 bits per heavy atom. The van der Waals surface area contributed by atoms with E-state index in [4.69, 9.17) is 9.15 Å². The van der Waals surface area contributed by atoms with Gasteiger partial charge in [0.1, 0.15) is 17.3 Å². The maximum Gasteiger partial charge on any atom is 0.258 e. The number of hydrogen-bond donors (Lipinski definition) is 2. The molecule has 7 nitrogen and oxygen atoms in total. The molecule has 0 unspecified atom stereocenters. The Bertz CT molecular complexity index is 1080. The molecule has 28 heavy (non-hydrogen) atoms. The molecule has 0 saturated heterocycles. The average Bonchev–Trinajstić information content (AvgIpc) is 3.21. The third kappa shape index (κ3) is 4.38. The Kier molecular flexibility index (Phi) is 5.76. The minimum absolute atomic E-state index is 0.0740. The molecule has 9 heteroatoms. The van der Waals surface area contributed by atoms with Gasteiger partial charge in [0.2, 0.25) is 10.0 Å². The molecule has 2 N–H and O–H groups in total. The maximum atomic E-state index is 14.2. The molecular formula is C19H17FN2O5S. The molecule has 0 radical (unpaired) electrons. The first kappa shape index (κ1) is 19.6. The lowest BCUT2D eigenvalue weighted by atomic mass is 10.2. The number of amides is 1. The van der Waals surface area contributed by atoms with Gasteiger partial charge in [0.15, 0.2) is 0 Å². The zero-order valence-electron chi connectivity index (χ0n) is 14.8. The predicted octanol–water partition coefficient (Wildman–Crippen LogP) is 3.16. The number of carbonyl (C=O) groups excluding carboxylic acids is 1. The summed E-state index contributed by atoms with van der Waals surface area (Å²) in [6, 6.07) is 12.8. The van der Waals surface area contributed by atoms with Gasteiger partial charge in [0.25, 0.3) is 5.91 Å². The number of sulfonamides is 1. The van der Waals surface area contributed by atoms with E-state index in [9.17, 15) is 17.6 Å². The second kappa shape index (κ2) is 8.24. The van der Waals surface area contributed by atoms with Crippen LogP contribution in [0.3, 0.4) is 0 Å². The molecule has 2 aromatic carbocycles. The van der Waals surface area contributed by atoms with E-state index in [1.165, 1.54) is 13.4 Å². The van der Waals surface area contributed by atoms with Crippen LogP contribution in [-0.4, -0.2) is 21.4 Å². The monoisotopic (exact) mass is 404 g/mol. The first-order chi connectivity index (χ1) is 13.4. The summed E-state index contributed by atoms with van der Waals surface area (Å²) in [6.07, 6.45) is 1.42. The molecule has 0 atom stereocenters. The maximum absolute atomic E-state index is 14.2. The Balaban J connectivity index is 1.83. The lowest BCUT2D eigenvalue weighted by molar-refractivity contribution is 0.102. The number of carbonyl (C=O) groups is 1. The molecule has 3 rings (SSSR count). The highest BCUT2D eigenvalue weighted by Gasteiger charge is 2.20. The Morgan fingerprint density at radius 3 is 2.64 bits per heavy atom. The first-order valence-electron chi connectivity index (χ1n) is 8.16. The summed E-state index contributed by atoms with van der Waals surface area (Å²) in [5.41, 5.74) is -0.0783. The van der Waals surface area contributed by atoms with Crippen LogP contribution in [0.1, 0.15) is 16.1 Å². The van der Waals surface area contributed by atoms with Gasteiger partial charge in [0.05, 0.1) is 36.1 Å². The van der Waals surface area contributed by atoms with Crippen LogP contribution in [-0.2, 0) is 16.6 Å². The number of para-hydroxylation sites is 2. The van der Waals surface area contributed by atoms with E-state index in [2.05, 4.69) is 10.0 Å². The van der Waals surface area contributed by atoms with Crippen LogP contribution in [0.25, 0.3) is 0 Å². The minimum atomic E-state index is -3.98. The topological polar surface area (TPSA) is 97.6 Å². The van der Waals surface area contributed by atoms with Crippen LogP contribution < -0.4 is 14.8 Å². The van der Waals surface area contributed by atoms with Crippen molar-refractivity contribution in [1.82, 2.24) is 4.72 Å². The summed E-state index contributed by atoms with van der Waals surface area (Å²) >= 11 is 0. The Morgan fingerprint density at radius 2 is 1.93 bits per heavy atom. The smallest absolute Gasteiger partial charge is 0.258 e. The second-order valence-electron chi connectivity index (χ2n) is 5.70. The van der Waals surface area contributed by atoms with E-state index in [0.717, 1.165) is 18.2 Å². The van der Waals surface area contributed by atoms with Gasteiger partial charge in [-0.15, -0.1) is 0 Å². The summed E-state index contributed by atoms with van der Waals surface area (Å²) in [7, 11) is -2.54. The fourth-order valence-electron chi connectivity index (χ4n) is 2.45. The summed E-state index contributed by atoms with van der Waals surface area (Å²) in [4.78, 5) is 12.2. The number of nitrogens with one attached hydrogen (secondary N) is 2. The Labute approximate surface area is 161 Å². The first-order valence-corrected chi connectivity index (χ1v) is 9.65. The number of benzene rings is 2. The van der Waals surface area contributed by atoms with Crippen molar-refractivity contribution in [2.45, 2.75) is 11.4 Å². The van der Waals surface area contributed by atoms with Crippen molar-refractivity contribution in [3.05, 3.63) is 78.0 Å². The van der Waals surface area contributed by atoms with Crippen molar-refractivity contribution >= 4 is 21.6 Å². The summed E-state index contributed by atoms with van der Waals surface area (Å²) in [5.74, 6) is -0.845. The third-order valence-electron chi connectivity index (χ3n) is 3.86. The normalized spacial score (nSPS) is 11.2. The number of ether oxygens (including phenoxy) is 1. The van der Waals surface area contributed by atoms with Gasteiger partial charge >= 0.3 is 0 Å². The van der Waals surface area contributed by atoms with Crippen molar-refractivity contribution in [2.75, 3.05) is 12.4 Å². The van der Waals surface area contributed by atoms with Gasteiger partial charge in [-0.3, -0.25) is 4.79 Å². The summed E-state index contributed by atoms with van der Waals surface area (Å²) in [5, 5.41) is 2.52. The Hall–Kier alpha value is -3.17. The highest BCUT2D eigenvalue weighted by atomic mass is 32.2. The molecule has 0 spiro atoms. The second-order valence-corrected chi connectivity index (χ2v) is 7.47. The quantitative estimate of drug-likeness (QED) is 0.630. The zero-order valence-corrected chi connectivity index (χ0v) is 15.6. The number of furan rings is 1. The van der Waals surface area contributed by atoms with E-state index >= 15 is 0 Å². The number of anilines is 1. The van der Waals surface area contributed by atoms with Crippen molar-refractivity contribution in [1.29, 1.82) is 0 Å². The van der Waals surface area contributed by atoms with E-state index in [0.29, 0.717) is 17.2 Å². The average molecular weight is 404 g/mol. The van der Waals surface area contributed by atoms with Crippen LogP contribution >= 0.6 is 0 Å². The standard InChI is InChI=1S/C19H17FN2O5S/c1-26-18-7-3-2-6-17(18)22-19(23)15-11-14(8-9-16(15)20)28(24,25)21-12-13-5-4-10-27-13/h2-11,21H,12H2,1H3,(H,22,23). The molecule has 0 aliphatic carbocycles. The molecule has 1 aromatic heterocycles. The zero-order chi connectivity index (χ0) is 20.1. The van der Waals surface area contributed by atoms with Crippen LogP contribution in [0.4, 0.5) is 10.1 Å². The van der Waals surface area contributed by atoms with Gasteiger partial charge in [-0.25, -0.2) is 17.5 Å². The number of methoxy groups -OCH3 is 1. The highest BCUT2D eigenvalue weighted by molar-refractivity contribution is 7.89. The van der Waals surface area contributed by atoms with E-state index in [1.54, 1.807) is 36.4 Å². The molecule has 0 bridgehead atoms. The fraction of sp³-hybridized carbons (Fsp3) is 0.105. The van der Waals surface area contributed by atoms with Gasteiger partial charge < -0.3 is 14.5 Å². The molecule has 1 amide bonds. The van der Waals surface area contributed by atoms with Crippen molar-refractivity contribution in [2.24, 2.45) is 0 Å². The van der Waals surface area contributed by atoms with Gasteiger partial charge in [-0.1, -0.05) is 12.1 Å². The summed E-state index contributed by atoms with van der Waals surface area (Å²) < 4.78 is 51.6. The largest absolute Gasteiger partial charge is 0.495 e. The lowest BCUT2D eigenvalue weighted by Gasteiger charge is -2.11. The molecule has 0 fully saturated rings.